The van der Waals surface area contributed by atoms with Gasteiger partial charge in [0, 0.05) is 11.6 Å². The Balaban J connectivity index is 2.07. The maximum absolute atomic E-state index is 12.1. The number of nitrogens with one attached hydrogen (secondary N) is 1. The average Bonchev–Trinajstić information content (AvgIpc) is 2.58. The minimum Gasteiger partial charge on any atom is -0.496 e. The summed E-state index contributed by atoms with van der Waals surface area (Å²) < 4.78 is 5.37. The number of rotatable bonds is 6. The molecule has 1 amide bonds. The predicted molar refractivity (Wildman–Crippen MR) is 89.6 cm³/mol. The fourth-order valence-corrected chi connectivity index (χ4v) is 2.31. The zero-order valence-corrected chi connectivity index (χ0v) is 13.0. The van der Waals surface area contributed by atoms with E-state index in [4.69, 9.17) is 4.74 Å². The van der Waals surface area contributed by atoms with Crippen molar-refractivity contribution in [3.8, 4) is 5.75 Å². The minimum atomic E-state index is -0.110. The van der Waals surface area contributed by atoms with E-state index in [1.165, 1.54) is 0 Å². The van der Waals surface area contributed by atoms with Crippen molar-refractivity contribution in [1.82, 2.24) is 5.32 Å². The first-order valence-electron chi connectivity index (χ1n) is 7.41. The van der Waals surface area contributed by atoms with E-state index >= 15 is 0 Å². The Kier molecular flexibility index (Phi) is 5.78. The van der Waals surface area contributed by atoms with Crippen LogP contribution < -0.4 is 10.1 Å². The van der Waals surface area contributed by atoms with Gasteiger partial charge < -0.3 is 10.1 Å². The number of ether oxygens (including phenoxy) is 1. The highest BCUT2D eigenvalue weighted by Crippen LogP contribution is 2.26. The maximum atomic E-state index is 12.1. The predicted octanol–water partition coefficient (Wildman–Crippen LogP) is 3.98. The molecule has 0 saturated carbocycles. The summed E-state index contributed by atoms with van der Waals surface area (Å²) in [5.74, 6) is 0.684. The summed E-state index contributed by atoms with van der Waals surface area (Å²) in [6, 6.07) is 17.5. The lowest BCUT2D eigenvalue weighted by atomic mass is 10.0. The first-order chi connectivity index (χ1) is 10.7. The van der Waals surface area contributed by atoms with E-state index < -0.39 is 0 Å². The lowest BCUT2D eigenvalue weighted by Gasteiger charge is -2.19. The molecule has 0 saturated heterocycles. The summed E-state index contributed by atoms with van der Waals surface area (Å²) in [6.07, 6.45) is 4.17. The third-order valence-corrected chi connectivity index (χ3v) is 3.47. The van der Waals surface area contributed by atoms with E-state index in [2.05, 4.69) is 5.32 Å². The molecule has 0 radical (unpaired) electrons. The van der Waals surface area contributed by atoms with Crippen LogP contribution >= 0.6 is 0 Å². The molecule has 2 rings (SSSR count). The molecule has 3 heteroatoms. The van der Waals surface area contributed by atoms with Crippen LogP contribution in [0.15, 0.2) is 60.7 Å². The van der Waals surface area contributed by atoms with Crippen molar-refractivity contribution in [2.45, 2.75) is 19.4 Å². The van der Waals surface area contributed by atoms with Crippen LogP contribution in [0.1, 0.15) is 30.5 Å². The van der Waals surface area contributed by atoms with Crippen molar-refractivity contribution in [2.24, 2.45) is 0 Å². The summed E-state index contributed by atoms with van der Waals surface area (Å²) in [4.78, 5) is 12.1. The van der Waals surface area contributed by atoms with Crippen LogP contribution in [0.25, 0.3) is 6.08 Å². The number of benzene rings is 2. The molecule has 2 aromatic carbocycles. The van der Waals surface area contributed by atoms with E-state index in [0.717, 1.165) is 23.3 Å². The normalized spacial score (nSPS) is 12.1. The Morgan fingerprint density at radius 3 is 2.50 bits per heavy atom. The van der Waals surface area contributed by atoms with E-state index in [1.807, 2.05) is 67.6 Å². The zero-order chi connectivity index (χ0) is 15.8. The van der Waals surface area contributed by atoms with E-state index in [1.54, 1.807) is 13.2 Å². The quantitative estimate of drug-likeness (QED) is 0.819. The molecule has 0 aliphatic heterocycles. The molecule has 114 valence electrons. The molecular weight excluding hydrogens is 274 g/mol. The standard InChI is InChI=1S/C19H21NO2/c1-3-17(16-11-7-8-12-18(16)22-2)20-19(21)14-13-15-9-5-4-6-10-15/h4-14,17H,3H2,1-2H3,(H,20,21)/b14-13+. The molecule has 0 spiro atoms. The van der Waals surface area contributed by atoms with E-state index in [9.17, 15) is 4.79 Å². The molecule has 0 aromatic heterocycles. The van der Waals surface area contributed by atoms with Crippen molar-refractivity contribution >= 4 is 12.0 Å². The topological polar surface area (TPSA) is 38.3 Å². The number of carbonyl (C=O) groups is 1. The number of carbonyl (C=O) groups excluding carboxylic acids is 1. The van der Waals surface area contributed by atoms with Crippen LogP contribution in [0.5, 0.6) is 5.75 Å². The van der Waals surface area contributed by atoms with Gasteiger partial charge >= 0.3 is 0 Å². The van der Waals surface area contributed by atoms with Crippen LogP contribution in [0, 0.1) is 0 Å². The smallest absolute Gasteiger partial charge is 0.244 e. The minimum absolute atomic E-state index is 0.0657. The molecule has 0 aliphatic rings. The number of hydrogen-bond acceptors (Lipinski definition) is 2. The van der Waals surface area contributed by atoms with Gasteiger partial charge in [0.1, 0.15) is 5.75 Å². The number of methoxy groups -OCH3 is 1. The fraction of sp³-hybridized carbons (Fsp3) is 0.211. The van der Waals surface area contributed by atoms with Gasteiger partial charge in [0.05, 0.1) is 13.2 Å². The summed E-state index contributed by atoms with van der Waals surface area (Å²) in [7, 11) is 1.64. The Hall–Kier alpha value is -2.55. The van der Waals surface area contributed by atoms with Crippen LogP contribution in [0.2, 0.25) is 0 Å². The van der Waals surface area contributed by atoms with Crippen molar-refractivity contribution < 1.29 is 9.53 Å². The molecule has 1 N–H and O–H groups in total. The number of para-hydroxylation sites is 1. The summed E-state index contributed by atoms with van der Waals surface area (Å²) in [5.41, 5.74) is 2.00. The number of hydrogen-bond donors (Lipinski definition) is 1. The SMILES string of the molecule is CCC(NC(=O)/C=C/c1ccccc1)c1ccccc1OC. The van der Waals surface area contributed by atoms with Gasteiger partial charge in [-0.05, 0) is 24.1 Å². The molecule has 22 heavy (non-hydrogen) atoms. The lowest BCUT2D eigenvalue weighted by Crippen LogP contribution is -2.26. The maximum Gasteiger partial charge on any atom is 0.244 e. The molecule has 0 bridgehead atoms. The molecular formula is C19H21NO2. The Labute approximate surface area is 131 Å². The van der Waals surface area contributed by atoms with Crippen molar-refractivity contribution in [2.75, 3.05) is 7.11 Å². The summed E-state index contributed by atoms with van der Waals surface area (Å²) >= 11 is 0. The Bertz CT molecular complexity index is 635. The molecule has 1 unspecified atom stereocenters. The largest absolute Gasteiger partial charge is 0.496 e. The lowest BCUT2D eigenvalue weighted by molar-refractivity contribution is -0.117. The molecule has 2 aromatic rings. The third-order valence-electron chi connectivity index (χ3n) is 3.47. The van der Waals surface area contributed by atoms with E-state index in [0.29, 0.717) is 0 Å². The van der Waals surface area contributed by atoms with Crippen LogP contribution in [-0.4, -0.2) is 13.0 Å². The van der Waals surface area contributed by atoms with Crippen molar-refractivity contribution in [1.29, 1.82) is 0 Å². The molecule has 0 heterocycles. The second-order valence-corrected chi connectivity index (χ2v) is 4.96. The second-order valence-electron chi connectivity index (χ2n) is 4.96. The fourth-order valence-electron chi connectivity index (χ4n) is 2.31. The van der Waals surface area contributed by atoms with Crippen LogP contribution in [-0.2, 0) is 4.79 Å². The Morgan fingerprint density at radius 1 is 1.14 bits per heavy atom. The average molecular weight is 295 g/mol. The van der Waals surface area contributed by atoms with E-state index in [-0.39, 0.29) is 11.9 Å². The van der Waals surface area contributed by atoms with Gasteiger partial charge in [-0.2, -0.15) is 0 Å². The van der Waals surface area contributed by atoms with Gasteiger partial charge in [0.2, 0.25) is 5.91 Å². The summed E-state index contributed by atoms with van der Waals surface area (Å²) in [6.45, 7) is 2.04. The highest BCUT2D eigenvalue weighted by Gasteiger charge is 2.15. The number of amides is 1. The zero-order valence-electron chi connectivity index (χ0n) is 13.0. The molecule has 0 fully saturated rings. The van der Waals surface area contributed by atoms with Gasteiger partial charge in [0.15, 0.2) is 0 Å². The van der Waals surface area contributed by atoms with Gasteiger partial charge in [-0.1, -0.05) is 55.5 Å². The highest BCUT2D eigenvalue weighted by molar-refractivity contribution is 5.92. The highest BCUT2D eigenvalue weighted by atomic mass is 16.5. The van der Waals surface area contributed by atoms with Crippen molar-refractivity contribution in [3.63, 3.8) is 0 Å². The molecule has 0 aliphatic carbocycles. The molecule has 3 nitrogen and oxygen atoms in total. The first kappa shape index (κ1) is 15.8. The first-order valence-corrected chi connectivity index (χ1v) is 7.41. The van der Waals surface area contributed by atoms with Crippen LogP contribution in [0.3, 0.4) is 0 Å². The van der Waals surface area contributed by atoms with Crippen molar-refractivity contribution in [3.05, 3.63) is 71.8 Å². The second kappa shape index (κ2) is 8.03. The van der Waals surface area contributed by atoms with Gasteiger partial charge in [-0.25, -0.2) is 0 Å². The molecule has 1 atom stereocenters. The summed E-state index contributed by atoms with van der Waals surface area (Å²) in [5, 5.41) is 3.02. The van der Waals surface area contributed by atoms with Crippen LogP contribution in [0.4, 0.5) is 0 Å². The Morgan fingerprint density at radius 2 is 1.82 bits per heavy atom. The van der Waals surface area contributed by atoms with Gasteiger partial charge in [-0.3, -0.25) is 4.79 Å². The van der Waals surface area contributed by atoms with Gasteiger partial charge in [0.25, 0.3) is 0 Å². The van der Waals surface area contributed by atoms with Gasteiger partial charge in [-0.15, -0.1) is 0 Å². The monoisotopic (exact) mass is 295 g/mol. The third kappa shape index (κ3) is 4.22.